The maximum atomic E-state index is 12.4. The zero-order chi connectivity index (χ0) is 18.2. The van der Waals surface area contributed by atoms with E-state index in [4.69, 9.17) is 21.5 Å². The topological polar surface area (TPSA) is 98.5 Å². The van der Waals surface area contributed by atoms with Crippen LogP contribution < -0.4 is 15.2 Å². The Balaban J connectivity index is 1.86. The lowest BCUT2D eigenvalue weighted by Crippen LogP contribution is -2.21. The van der Waals surface area contributed by atoms with Crippen molar-refractivity contribution in [2.75, 3.05) is 11.9 Å². The molecule has 0 saturated carbocycles. The summed E-state index contributed by atoms with van der Waals surface area (Å²) in [7, 11) is -3.87. The van der Waals surface area contributed by atoms with Crippen LogP contribution in [-0.2, 0) is 14.8 Å². The SMILES string of the molecule is Cc1ccc(NC(=O)C2=Cc3cc(Cl)ccc3OC2)cc1S(N)(=O)=O. The van der Waals surface area contributed by atoms with Crippen LogP contribution in [0.4, 0.5) is 5.69 Å². The molecule has 25 heavy (non-hydrogen) atoms. The highest BCUT2D eigenvalue weighted by atomic mass is 35.5. The number of rotatable bonds is 3. The predicted molar refractivity (Wildman–Crippen MR) is 96.1 cm³/mol. The molecule has 1 amide bonds. The molecule has 0 saturated heterocycles. The van der Waals surface area contributed by atoms with Crippen LogP contribution >= 0.6 is 11.6 Å². The predicted octanol–water partition coefficient (Wildman–Crippen LogP) is 2.71. The van der Waals surface area contributed by atoms with Crippen molar-refractivity contribution in [3.63, 3.8) is 0 Å². The smallest absolute Gasteiger partial charge is 0.255 e. The van der Waals surface area contributed by atoms with Gasteiger partial charge >= 0.3 is 0 Å². The number of carbonyl (C=O) groups excluding carboxylic acids is 1. The third-order valence-electron chi connectivity index (χ3n) is 3.73. The molecular weight excluding hydrogens is 364 g/mol. The fourth-order valence-electron chi connectivity index (χ4n) is 2.48. The van der Waals surface area contributed by atoms with Gasteiger partial charge in [0.05, 0.1) is 10.5 Å². The zero-order valence-electron chi connectivity index (χ0n) is 13.2. The monoisotopic (exact) mass is 378 g/mol. The van der Waals surface area contributed by atoms with E-state index in [1.165, 1.54) is 6.07 Å². The van der Waals surface area contributed by atoms with E-state index in [0.29, 0.717) is 33.2 Å². The zero-order valence-corrected chi connectivity index (χ0v) is 14.8. The number of aryl methyl sites for hydroxylation is 1. The first-order valence-corrected chi connectivity index (χ1v) is 9.24. The van der Waals surface area contributed by atoms with E-state index in [2.05, 4.69) is 5.32 Å². The molecule has 3 N–H and O–H groups in total. The summed E-state index contributed by atoms with van der Waals surface area (Å²) in [6.45, 7) is 1.73. The quantitative estimate of drug-likeness (QED) is 0.857. The van der Waals surface area contributed by atoms with Crippen LogP contribution in [0.3, 0.4) is 0 Å². The summed E-state index contributed by atoms with van der Waals surface area (Å²) < 4.78 is 28.7. The molecule has 0 atom stereocenters. The second-order valence-corrected chi connectivity index (χ2v) is 7.59. The molecule has 0 aromatic heterocycles. The number of ether oxygens (including phenoxy) is 1. The van der Waals surface area contributed by atoms with Crippen LogP contribution in [0.1, 0.15) is 11.1 Å². The number of sulfonamides is 1. The number of hydrogen-bond acceptors (Lipinski definition) is 4. The lowest BCUT2D eigenvalue weighted by atomic mass is 10.1. The van der Waals surface area contributed by atoms with Crippen molar-refractivity contribution in [1.29, 1.82) is 0 Å². The molecule has 0 aliphatic carbocycles. The van der Waals surface area contributed by atoms with Gasteiger partial charge in [-0.1, -0.05) is 17.7 Å². The van der Waals surface area contributed by atoms with Crippen LogP contribution in [0.25, 0.3) is 6.08 Å². The fourth-order valence-corrected chi connectivity index (χ4v) is 3.46. The van der Waals surface area contributed by atoms with Crippen molar-refractivity contribution in [2.45, 2.75) is 11.8 Å². The van der Waals surface area contributed by atoms with Gasteiger partial charge in [0.25, 0.3) is 5.91 Å². The standard InChI is InChI=1S/C17H15ClN2O4S/c1-10-2-4-14(8-16(10)25(19,22)23)20-17(21)12-6-11-7-13(18)3-5-15(11)24-9-12/h2-8H,9H2,1H3,(H,20,21)(H2,19,22,23). The van der Waals surface area contributed by atoms with Gasteiger partial charge in [-0.2, -0.15) is 0 Å². The van der Waals surface area contributed by atoms with Gasteiger partial charge in [0.1, 0.15) is 12.4 Å². The van der Waals surface area contributed by atoms with E-state index in [1.807, 2.05) is 0 Å². The average Bonchev–Trinajstić information content (AvgIpc) is 2.54. The first-order valence-electron chi connectivity index (χ1n) is 7.32. The molecule has 0 bridgehead atoms. The number of fused-ring (bicyclic) bond motifs is 1. The molecule has 6 nitrogen and oxygen atoms in total. The second kappa shape index (κ2) is 6.51. The summed E-state index contributed by atoms with van der Waals surface area (Å²) in [4.78, 5) is 12.4. The Hall–Kier alpha value is -2.35. The molecule has 8 heteroatoms. The molecule has 1 aliphatic heterocycles. The summed E-state index contributed by atoms with van der Waals surface area (Å²) in [6, 6.07) is 9.67. The summed E-state index contributed by atoms with van der Waals surface area (Å²) in [5, 5.41) is 8.38. The Morgan fingerprint density at radius 3 is 2.72 bits per heavy atom. The first-order chi connectivity index (χ1) is 11.7. The summed E-state index contributed by atoms with van der Waals surface area (Å²) in [6.07, 6.45) is 1.69. The molecule has 0 spiro atoms. The van der Waals surface area contributed by atoms with Gasteiger partial charge < -0.3 is 10.1 Å². The second-order valence-electron chi connectivity index (χ2n) is 5.62. The van der Waals surface area contributed by atoms with Crippen molar-refractivity contribution in [2.24, 2.45) is 5.14 Å². The van der Waals surface area contributed by atoms with Gasteiger partial charge in [0.2, 0.25) is 10.0 Å². The van der Waals surface area contributed by atoms with E-state index in [0.717, 1.165) is 0 Å². The molecule has 3 rings (SSSR count). The number of anilines is 1. The first kappa shape index (κ1) is 17.5. The minimum Gasteiger partial charge on any atom is -0.488 e. The Labute approximate surface area is 150 Å². The largest absolute Gasteiger partial charge is 0.488 e. The van der Waals surface area contributed by atoms with Crippen LogP contribution in [0.5, 0.6) is 5.75 Å². The molecule has 1 heterocycles. The van der Waals surface area contributed by atoms with Gasteiger partial charge in [-0.25, -0.2) is 13.6 Å². The third-order valence-corrected chi connectivity index (χ3v) is 5.02. The van der Waals surface area contributed by atoms with Gasteiger partial charge in [0, 0.05) is 16.3 Å². The molecule has 130 valence electrons. The Morgan fingerprint density at radius 2 is 2.00 bits per heavy atom. The lowest BCUT2D eigenvalue weighted by Gasteiger charge is -2.18. The molecule has 0 unspecified atom stereocenters. The van der Waals surface area contributed by atoms with Crippen LogP contribution in [0.15, 0.2) is 46.9 Å². The van der Waals surface area contributed by atoms with Crippen LogP contribution in [0.2, 0.25) is 5.02 Å². The lowest BCUT2D eigenvalue weighted by molar-refractivity contribution is -0.113. The number of primary sulfonamides is 1. The van der Waals surface area contributed by atoms with Crippen LogP contribution in [0, 0.1) is 6.92 Å². The number of hydrogen-bond donors (Lipinski definition) is 2. The normalized spacial score (nSPS) is 13.5. The number of halogens is 1. The van der Waals surface area contributed by atoms with E-state index in [-0.39, 0.29) is 11.5 Å². The number of nitrogens with two attached hydrogens (primary N) is 1. The van der Waals surface area contributed by atoms with Gasteiger partial charge in [-0.3, -0.25) is 4.79 Å². The van der Waals surface area contributed by atoms with Gasteiger partial charge in [-0.05, 0) is 48.9 Å². The Kier molecular flexibility index (Phi) is 4.55. The fraction of sp³-hybridized carbons (Fsp3) is 0.118. The van der Waals surface area contributed by atoms with E-state index in [1.54, 1.807) is 43.3 Å². The highest BCUT2D eigenvalue weighted by Gasteiger charge is 2.19. The van der Waals surface area contributed by atoms with Crippen molar-refractivity contribution < 1.29 is 17.9 Å². The minimum atomic E-state index is -3.87. The summed E-state index contributed by atoms with van der Waals surface area (Å²) in [5.74, 6) is 0.252. The minimum absolute atomic E-state index is 0.0312. The van der Waals surface area contributed by atoms with Crippen molar-refractivity contribution in [3.8, 4) is 5.75 Å². The maximum absolute atomic E-state index is 12.4. The van der Waals surface area contributed by atoms with E-state index >= 15 is 0 Å². The van der Waals surface area contributed by atoms with E-state index < -0.39 is 15.9 Å². The third kappa shape index (κ3) is 3.84. The molecule has 1 aliphatic rings. The Morgan fingerprint density at radius 1 is 1.24 bits per heavy atom. The number of benzene rings is 2. The number of nitrogens with one attached hydrogen (secondary N) is 1. The molecule has 0 fully saturated rings. The average molecular weight is 379 g/mol. The highest BCUT2D eigenvalue weighted by molar-refractivity contribution is 7.89. The van der Waals surface area contributed by atoms with Gasteiger partial charge in [0.15, 0.2) is 0 Å². The number of carbonyl (C=O) groups is 1. The number of amides is 1. The van der Waals surface area contributed by atoms with E-state index in [9.17, 15) is 13.2 Å². The summed E-state index contributed by atoms with van der Waals surface area (Å²) in [5.41, 5.74) is 1.94. The molecule has 2 aromatic rings. The molecular formula is C17H15ClN2O4S. The van der Waals surface area contributed by atoms with Gasteiger partial charge in [-0.15, -0.1) is 0 Å². The Bertz CT molecular complexity index is 1000. The molecule has 2 aromatic carbocycles. The van der Waals surface area contributed by atoms with Crippen LogP contribution in [-0.4, -0.2) is 20.9 Å². The van der Waals surface area contributed by atoms with Crippen molar-refractivity contribution in [1.82, 2.24) is 0 Å². The summed E-state index contributed by atoms with van der Waals surface area (Å²) >= 11 is 5.95. The highest BCUT2D eigenvalue weighted by Crippen LogP contribution is 2.29. The van der Waals surface area contributed by atoms with Crippen molar-refractivity contribution >= 4 is 39.3 Å². The molecule has 0 radical (unpaired) electrons. The maximum Gasteiger partial charge on any atom is 0.255 e. The van der Waals surface area contributed by atoms with Crippen molar-refractivity contribution in [3.05, 3.63) is 58.1 Å².